The SMILES string of the molecule is CC=C1CN2CCC1C1(C(=O)OC)C(=O)C3(CC21)c1ccccc1NC3OC. The van der Waals surface area contributed by atoms with Crippen LogP contribution in [-0.4, -0.2) is 56.2 Å². The molecule has 1 N–H and O–H groups in total. The third kappa shape index (κ3) is 1.81. The Kier molecular flexibility index (Phi) is 3.77. The maximum Gasteiger partial charge on any atom is 0.321 e. The number of hydrogen-bond donors (Lipinski definition) is 1. The second-order valence-corrected chi connectivity index (χ2v) is 8.36. The maximum atomic E-state index is 14.4. The van der Waals surface area contributed by atoms with Crippen molar-refractivity contribution in [3.8, 4) is 0 Å². The third-order valence-electron chi connectivity index (χ3n) is 7.62. The quantitative estimate of drug-likeness (QED) is 0.480. The lowest BCUT2D eigenvalue weighted by molar-refractivity contribution is -0.171. The van der Waals surface area contributed by atoms with Gasteiger partial charge in [-0.3, -0.25) is 14.5 Å². The number of para-hydroxylation sites is 1. The molecule has 6 atom stereocenters. The van der Waals surface area contributed by atoms with E-state index in [1.54, 1.807) is 7.11 Å². The van der Waals surface area contributed by atoms with Crippen molar-refractivity contribution in [1.29, 1.82) is 0 Å². The molecule has 0 aromatic heterocycles. The molecule has 1 spiro atoms. The van der Waals surface area contributed by atoms with Gasteiger partial charge in [-0.15, -0.1) is 0 Å². The van der Waals surface area contributed by atoms with Gasteiger partial charge in [-0.05, 0) is 37.9 Å². The Labute approximate surface area is 164 Å². The lowest BCUT2D eigenvalue weighted by Gasteiger charge is -2.54. The van der Waals surface area contributed by atoms with E-state index in [4.69, 9.17) is 9.47 Å². The fraction of sp³-hybridized carbons (Fsp3) is 0.545. The first-order valence-electron chi connectivity index (χ1n) is 9.97. The average molecular weight is 382 g/mol. The summed E-state index contributed by atoms with van der Waals surface area (Å²) in [6.45, 7) is 3.72. The number of carbonyl (C=O) groups excluding carboxylic acids is 2. The molecule has 148 valence electrons. The first kappa shape index (κ1) is 17.9. The summed E-state index contributed by atoms with van der Waals surface area (Å²) in [5, 5.41) is 3.38. The van der Waals surface area contributed by atoms with Gasteiger partial charge in [0.15, 0.2) is 5.78 Å². The molecular formula is C22H26N2O4. The summed E-state index contributed by atoms with van der Waals surface area (Å²) < 4.78 is 11.1. The monoisotopic (exact) mass is 382 g/mol. The van der Waals surface area contributed by atoms with Crippen LogP contribution in [0.2, 0.25) is 0 Å². The van der Waals surface area contributed by atoms with Crippen LogP contribution in [0.3, 0.4) is 0 Å². The number of ether oxygens (including phenoxy) is 2. The van der Waals surface area contributed by atoms with Crippen LogP contribution in [-0.2, 0) is 24.5 Å². The lowest BCUT2D eigenvalue weighted by Crippen LogP contribution is -2.66. The second-order valence-electron chi connectivity index (χ2n) is 8.36. The molecule has 5 aliphatic rings. The molecule has 0 amide bonds. The van der Waals surface area contributed by atoms with E-state index in [9.17, 15) is 9.59 Å². The van der Waals surface area contributed by atoms with Gasteiger partial charge in [0.1, 0.15) is 17.1 Å². The number of nitrogens with zero attached hydrogens (tertiary/aromatic N) is 1. The Morgan fingerprint density at radius 2 is 2.11 bits per heavy atom. The van der Waals surface area contributed by atoms with Crippen LogP contribution < -0.4 is 5.32 Å². The topological polar surface area (TPSA) is 67.9 Å². The molecule has 6 unspecified atom stereocenters. The van der Waals surface area contributed by atoms with E-state index in [1.165, 1.54) is 12.7 Å². The van der Waals surface area contributed by atoms with Crippen LogP contribution in [0.5, 0.6) is 0 Å². The molecule has 4 aliphatic heterocycles. The highest BCUT2D eigenvalue weighted by atomic mass is 16.5. The van der Waals surface area contributed by atoms with Crippen LogP contribution >= 0.6 is 0 Å². The largest absolute Gasteiger partial charge is 0.468 e. The Balaban J connectivity index is 1.76. The van der Waals surface area contributed by atoms with Gasteiger partial charge in [-0.1, -0.05) is 29.8 Å². The number of hydrogen-bond acceptors (Lipinski definition) is 6. The minimum Gasteiger partial charge on any atom is -0.468 e. The summed E-state index contributed by atoms with van der Waals surface area (Å²) in [6, 6.07) is 7.70. The van der Waals surface area contributed by atoms with Crippen molar-refractivity contribution in [3.63, 3.8) is 0 Å². The number of fused-ring (bicyclic) bond motifs is 4. The van der Waals surface area contributed by atoms with E-state index in [2.05, 4.69) is 16.3 Å². The normalized spacial score (nSPS) is 41.8. The Morgan fingerprint density at radius 3 is 2.82 bits per heavy atom. The van der Waals surface area contributed by atoms with Gasteiger partial charge >= 0.3 is 5.97 Å². The fourth-order valence-electron chi connectivity index (χ4n) is 6.53. The van der Waals surface area contributed by atoms with Crippen molar-refractivity contribution in [3.05, 3.63) is 41.5 Å². The van der Waals surface area contributed by atoms with Crippen molar-refractivity contribution in [1.82, 2.24) is 4.90 Å². The van der Waals surface area contributed by atoms with Crippen molar-refractivity contribution in [2.45, 2.75) is 37.5 Å². The fourth-order valence-corrected chi connectivity index (χ4v) is 6.53. The number of rotatable bonds is 2. The molecule has 28 heavy (non-hydrogen) atoms. The number of piperidine rings is 3. The molecule has 2 bridgehead atoms. The minimum absolute atomic E-state index is 0.0464. The Hall–Kier alpha value is -2.18. The van der Waals surface area contributed by atoms with Gasteiger partial charge < -0.3 is 14.8 Å². The smallest absolute Gasteiger partial charge is 0.321 e. The molecule has 1 aliphatic carbocycles. The van der Waals surface area contributed by atoms with Crippen molar-refractivity contribution in [2.24, 2.45) is 11.3 Å². The summed E-state index contributed by atoms with van der Waals surface area (Å²) in [5.41, 5.74) is 0.977. The number of carbonyl (C=O) groups is 2. The standard InChI is InChI=1S/C22H26N2O4/c1-4-13-12-24-10-9-14(13)22(20(26)28-3)17(24)11-21(18(22)25)15-7-5-6-8-16(15)23-19(21)27-2/h4-8,14,17,19,23H,9-12H2,1-3H3. The van der Waals surface area contributed by atoms with E-state index in [0.717, 1.165) is 30.8 Å². The van der Waals surface area contributed by atoms with Gasteiger partial charge in [0.25, 0.3) is 0 Å². The van der Waals surface area contributed by atoms with E-state index in [0.29, 0.717) is 6.42 Å². The van der Waals surface area contributed by atoms with Crippen molar-refractivity contribution >= 4 is 17.4 Å². The van der Waals surface area contributed by atoms with Gasteiger partial charge in [0.2, 0.25) is 0 Å². The summed E-state index contributed by atoms with van der Waals surface area (Å²) in [7, 11) is 3.02. The van der Waals surface area contributed by atoms with Crippen LogP contribution in [0.1, 0.15) is 25.3 Å². The van der Waals surface area contributed by atoms with E-state index in [1.807, 2.05) is 31.2 Å². The van der Waals surface area contributed by atoms with Crippen LogP contribution in [0.15, 0.2) is 35.9 Å². The molecule has 6 heteroatoms. The highest BCUT2D eigenvalue weighted by Crippen LogP contribution is 2.64. The van der Waals surface area contributed by atoms with Gasteiger partial charge in [0.05, 0.1) is 7.11 Å². The second kappa shape index (κ2) is 5.91. The van der Waals surface area contributed by atoms with E-state index in [-0.39, 0.29) is 17.7 Å². The average Bonchev–Trinajstić information content (AvgIpc) is 3.22. The molecule has 6 rings (SSSR count). The zero-order valence-electron chi connectivity index (χ0n) is 16.5. The molecule has 6 nitrogen and oxygen atoms in total. The summed E-state index contributed by atoms with van der Waals surface area (Å²) in [5.74, 6) is -0.542. The molecular weight excluding hydrogens is 356 g/mol. The minimum atomic E-state index is -1.16. The molecule has 4 fully saturated rings. The number of esters is 1. The van der Waals surface area contributed by atoms with Crippen LogP contribution in [0.25, 0.3) is 0 Å². The first-order valence-corrected chi connectivity index (χ1v) is 9.97. The molecule has 4 heterocycles. The molecule has 3 saturated heterocycles. The van der Waals surface area contributed by atoms with Crippen molar-refractivity contribution in [2.75, 3.05) is 32.6 Å². The van der Waals surface area contributed by atoms with Gasteiger partial charge in [0, 0.05) is 31.3 Å². The van der Waals surface area contributed by atoms with Crippen molar-refractivity contribution < 1.29 is 19.1 Å². The number of Topliss-reactive ketones (excluding diaryl/α,β-unsaturated/α-hetero) is 1. The lowest BCUT2D eigenvalue weighted by atomic mass is 9.59. The zero-order chi connectivity index (χ0) is 19.7. The van der Waals surface area contributed by atoms with E-state index >= 15 is 0 Å². The highest BCUT2D eigenvalue weighted by Gasteiger charge is 2.77. The van der Waals surface area contributed by atoms with Gasteiger partial charge in [-0.25, -0.2) is 0 Å². The molecule has 0 radical (unpaired) electrons. The third-order valence-corrected chi connectivity index (χ3v) is 7.62. The number of benzene rings is 1. The van der Waals surface area contributed by atoms with Gasteiger partial charge in [-0.2, -0.15) is 0 Å². The summed E-state index contributed by atoms with van der Waals surface area (Å²) in [6.07, 6.45) is 2.96. The Morgan fingerprint density at radius 1 is 1.32 bits per heavy atom. The maximum absolute atomic E-state index is 14.4. The number of methoxy groups -OCH3 is 2. The zero-order valence-corrected chi connectivity index (χ0v) is 16.5. The summed E-state index contributed by atoms with van der Waals surface area (Å²) >= 11 is 0. The van der Waals surface area contributed by atoms with Crippen LogP contribution in [0, 0.1) is 11.3 Å². The summed E-state index contributed by atoms with van der Waals surface area (Å²) in [4.78, 5) is 30.0. The Bertz CT molecular complexity index is 896. The molecule has 1 aromatic carbocycles. The number of anilines is 1. The number of ketones is 1. The highest BCUT2D eigenvalue weighted by molar-refractivity contribution is 6.14. The number of allylic oxidation sites excluding steroid dienone is 1. The predicted molar refractivity (Wildman–Crippen MR) is 104 cm³/mol. The molecule has 1 aromatic rings. The molecule has 1 saturated carbocycles. The first-order chi connectivity index (χ1) is 13.5. The van der Waals surface area contributed by atoms with Crippen LogP contribution in [0.4, 0.5) is 5.69 Å². The van der Waals surface area contributed by atoms with E-state index < -0.39 is 23.0 Å². The number of nitrogens with one attached hydrogen (secondary N) is 1. The predicted octanol–water partition coefficient (Wildman–Crippen LogP) is 2.10.